The van der Waals surface area contributed by atoms with E-state index in [0.717, 1.165) is 40.7 Å². The second-order valence-corrected chi connectivity index (χ2v) is 9.80. The van der Waals surface area contributed by atoms with E-state index in [1.54, 1.807) is 17.4 Å². The maximum atomic E-state index is 12.3. The summed E-state index contributed by atoms with van der Waals surface area (Å²) in [6, 6.07) is 10.3. The molecular formula is C27H29N5O3. The van der Waals surface area contributed by atoms with Crippen LogP contribution in [0.15, 0.2) is 72.1 Å². The lowest BCUT2D eigenvalue weighted by atomic mass is 10.1. The predicted molar refractivity (Wildman–Crippen MR) is 132 cm³/mol. The maximum Gasteiger partial charge on any atom is 0.410 e. The molecule has 8 nitrogen and oxygen atoms in total. The first kappa shape index (κ1) is 22.8. The lowest BCUT2D eigenvalue weighted by molar-refractivity contribution is 0.0185. The molecule has 0 unspecified atom stereocenters. The van der Waals surface area contributed by atoms with Gasteiger partial charge in [0.05, 0.1) is 24.8 Å². The summed E-state index contributed by atoms with van der Waals surface area (Å²) < 4.78 is 12.7. The summed E-state index contributed by atoms with van der Waals surface area (Å²) in [5.74, 6) is 0.668. The van der Waals surface area contributed by atoms with E-state index >= 15 is 0 Å². The summed E-state index contributed by atoms with van der Waals surface area (Å²) in [5.41, 5.74) is 4.43. The predicted octanol–water partition coefficient (Wildman–Crippen LogP) is 5.84. The Labute approximate surface area is 204 Å². The molecule has 1 aliphatic heterocycles. The molecule has 1 saturated heterocycles. The highest BCUT2D eigenvalue weighted by atomic mass is 16.6. The van der Waals surface area contributed by atoms with Crippen LogP contribution in [0.2, 0.25) is 0 Å². The highest BCUT2D eigenvalue weighted by Crippen LogP contribution is 2.28. The van der Waals surface area contributed by atoms with Gasteiger partial charge in [0, 0.05) is 53.9 Å². The van der Waals surface area contributed by atoms with Crippen molar-refractivity contribution in [3.8, 4) is 33.6 Å². The van der Waals surface area contributed by atoms with Crippen LogP contribution in [-0.4, -0.2) is 49.4 Å². The standard InChI is InChI=1S/C27H29N5O3/c1-27(2,3)35-26(33)31-10-7-24(8-11-31)32-17-23(16-30-32)22-14-28-25(29-15-22)20-6-4-5-19(13-20)21-9-12-34-18-21/h4-6,9,12-18,24H,7-8,10-11H2,1-3H3. The van der Waals surface area contributed by atoms with E-state index < -0.39 is 5.60 Å². The smallest absolute Gasteiger partial charge is 0.410 e. The molecule has 0 atom stereocenters. The summed E-state index contributed by atoms with van der Waals surface area (Å²) in [6.45, 7) is 6.97. The Morgan fingerprint density at radius 3 is 2.40 bits per heavy atom. The van der Waals surface area contributed by atoms with Crippen molar-refractivity contribution in [3.63, 3.8) is 0 Å². The molecule has 1 amide bonds. The molecule has 1 aromatic carbocycles. The quantitative estimate of drug-likeness (QED) is 0.372. The molecule has 8 heteroatoms. The molecule has 1 aliphatic rings. The van der Waals surface area contributed by atoms with E-state index in [2.05, 4.69) is 21.1 Å². The molecule has 3 aromatic heterocycles. The third-order valence-electron chi connectivity index (χ3n) is 6.05. The number of ether oxygens (including phenoxy) is 1. The molecule has 0 N–H and O–H groups in total. The van der Waals surface area contributed by atoms with Crippen LogP contribution in [0.1, 0.15) is 39.7 Å². The lowest BCUT2D eigenvalue weighted by Crippen LogP contribution is -2.42. The van der Waals surface area contributed by atoms with Crippen LogP contribution in [0.5, 0.6) is 0 Å². The molecule has 0 radical (unpaired) electrons. The lowest BCUT2D eigenvalue weighted by Gasteiger charge is -2.33. The number of carbonyl (C=O) groups is 1. The van der Waals surface area contributed by atoms with Crippen LogP contribution in [0.4, 0.5) is 4.79 Å². The normalized spacial score (nSPS) is 14.8. The second-order valence-electron chi connectivity index (χ2n) is 9.80. The average molecular weight is 472 g/mol. The summed E-state index contributed by atoms with van der Waals surface area (Å²) in [6.07, 6.45) is 12.4. The van der Waals surface area contributed by atoms with Gasteiger partial charge in [0.25, 0.3) is 0 Å². The van der Waals surface area contributed by atoms with Crippen LogP contribution in [-0.2, 0) is 4.74 Å². The molecule has 4 aromatic rings. The molecule has 180 valence electrons. The van der Waals surface area contributed by atoms with Gasteiger partial charge in [0.15, 0.2) is 5.82 Å². The molecule has 4 heterocycles. The zero-order valence-corrected chi connectivity index (χ0v) is 20.2. The van der Waals surface area contributed by atoms with E-state index in [9.17, 15) is 4.79 Å². The average Bonchev–Trinajstić information content (AvgIpc) is 3.56. The molecule has 0 saturated carbocycles. The van der Waals surface area contributed by atoms with Crippen molar-refractivity contribution < 1.29 is 13.9 Å². The van der Waals surface area contributed by atoms with Crippen molar-refractivity contribution >= 4 is 6.09 Å². The van der Waals surface area contributed by atoms with Crippen LogP contribution >= 0.6 is 0 Å². The SMILES string of the molecule is CC(C)(C)OC(=O)N1CCC(n2cc(-c3cnc(-c4cccc(-c5ccoc5)c4)nc3)cn2)CC1. The number of likely N-dealkylation sites (tertiary alicyclic amines) is 1. The van der Waals surface area contributed by atoms with Crippen LogP contribution in [0, 0.1) is 0 Å². The third-order valence-corrected chi connectivity index (χ3v) is 6.05. The number of furan rings is 1. The Morgan fingerprint density at radius 1 is 0.971 bits per heavy atom. The van der Waals surface area contributed by atoms with E-state index in [4.69, 9.17) is 9.15 Å². The Hall–Kier alpha value is -3.94. The number of aromatic nitrogens is 4. The fraction of sp³-hybridized carbons (Fsp3) is 0.333. The fourth-order valence-corrected chi connectivity index (χ4v) is 4.22. The van der Waals surface area contributed by atoms with E-state index in [1.807, 2.05) is 74.5 Å². The number of benzene rings is 1. The largest absolute Gasteiger partial charge is 0.472 e. The number of rotatable bonds is 4. The maximum absolute atomic E-state index is 12.3. The van der Waals surface area contributed by atoms with Gasteiger partial charge in [-0.2, -0.15) is 5.10 Å². The Bertz CT molecular complexity index is 1280. The van der Waals surface area contributed by atoms with Gasteiger partial charge in [-0.05, 0) is 51.3 Å². The van der Waals surface area contributed by atoms with Crippen LogP contribution in [0.3, 0.4) is 0 Å². The number of carbonyl (C=O) groups excluding carboxylic acids is 1. The fourth-order valence-electron chi connectivity index (χ4n) is 4.22. The number of piperidine rings is 1. The molecule has 5 rings (SSSR count). The molecule has 0 bridgehead atoms. The van der Waals surface area contributed by atoms with Gasteiger partial charge >= 0.3 is 6.09 Å². The van der Waals surface area contributed by atoms with Crippen LogP contribution < -0.4 is 0 Å². The van der Waals surface area contributed by atoms with E-state index in [-0.39, 0.29) is 12.1 Å². The first-order valence-electron chi connectivity index (χ1n) is 11.8. The summed E-state index contributed by atoms with van der Waals surface area (Å²) in [5, 5.41) is 4.58. The Kier molecular flexibility index (Phi) is 6.11. The molecule has 0 aliphatic carbocycles. The van der Waals surface area contributed by atoms with Gasteiger partial charge in [-0.3, -0.25) is 4.68 Å². The van der Waals surface area contributed by atoms with Gasteiger partial charge in [0.2, 0.25) is 0 Å². The topological polar surface area (TPSA) is 86.3 Å². The van der Waals surface area contributed by atoms with Gasteiger partial charge in [-0.15, -0.1) is 0 Å². The minimum absolute atomic E-state index is 0.244. The summed E-state index contributed by atoms with van der Waals surface area (Å²) >= 11 is 0. The summed E-state index contributed by atoms with van der Waals surface area (Å²) in [4.78, 5) is 23.3. The molecule has 0 spiro atoms. The van der Waals surface area contributed by atoms with Crippen molar-refractivity contribution in [1.29, 1.82) is 0 Å². The summed E-state index contributed by atoms with van der Waals surface area (Å²) in [7, 11) is 0. The van der Waals surface area contributed by atoms with Gasteiger partial charge < -0.3 is 14.1 Å². The molecule has 1 fully saturated rings. The first-order valence-corrected chi connectivity index (χ1v) is 11.8. The number of amides is 1. The van der Waals surface area contributed by atoms with Gasteiger partial charge in [-0.25, -0.2) is 14.8 Å². The van der Waals surface area contributed by atoms with Crippen molar-refractivity contribution in [2.24, 2.45) is 0 Å². The van der Waals surface area contributed by atoms with Crippen LogP contribution in [0.25, 0.3) is 33.6 Å². The Morgan fingerprint density at radius 2 is 1.71 bits per heavy atom. The van der Waals surface area contributed by atoms with Crippen molar-refractivity contribution in [3.05, 3.63) is 67.6 Å². The number of nitrogens with zero attached hydrogens (tertiary/aromatic N) is 5. The minimum Gasteiger partial charge on any atom is -0.472 e. The molecular weight excluding hydrogens is 442 g/mol. The monoisotopic (exact) mass is 471 g/mol. The number of hydrogen-bond donors (Lipinski definition) is 0. The van der Waals surface area contributed by atoms with Crippen molar-refractivity contribution in [1.82, 2.24) is 24.6 Å². The minimum atomic E-state index is -0.481. The Balaban J connectivity index is 1.24. The van der Waals surface area contributed by atoms with E-state index in [0.29, 0.717) is 18.9 Å². The van der Waals surface area contributed by atoms with Crippen molar-refractivity contribution in [2.45, 2.75) is 45.3 Å². The highest BCUT2D eigenvalue weighted by Gasteiger charge is 2.28. The zero-order chi connectivity index (χ0) is 24.4. The van der Waals surface area contributed by atoms with Gasteiger partial charge in [-0.1, -0.05) is 18.2 Å². The van der Waals surface area contributed by atoms with Crippen molar-refractivity contribution in [2.75, 3.05) is 13.1 Å². The van der Waals surface area contributed by atoms with Gasteiger partial charge in [0.1, 0.15) is 5.60 Å². The number of hydrogen-bond acceptors (Lipinski definition) is 6. The second kappa shape index (κ2) is 9.37. The first-order chi connectivity index (χ1) is 16.9. The third kappa shape index (κ3) is 5.26. The highest BCUT2D eigenvalue weighted by molar-refractivity contribution is 5.70. The van der Waals surface area contributed by atoms with E-state index in [1.165, 1.54) is 0 Å². The zero-order valence-electron chi connectivity index (χ0n) is 20.2. The molecule has 35 heavy (non-hydrogen) atoms.